The molecule has 1 aromatic heterocycles. The zero-order valence-electron chi connectivity index (χ0n) is 8.57. The number of aromatic nitrogens is 1. The van der Waals surface area contributed by atoms with Crippen LogP contribution in [0.2, 0.25) is 0 Å². The Morgan fingerprint density at radius 3 is 3.00 bits per heavy atom. The van der Waals surface area contributed by atoms with Crippen LogP contribution >= 0.6 is 0 Å². The second kappa shape index (κ2) is 3.66. The van der Waals surface area contributed by atoms with Gasteiger partial charge in [0.25, 0.3) is 0 Å². The lowest BCUT2D eigenvalue weighted by molar-refractivity contribution is 0.455. The monoisotopic (exact) mass is 202 g/mol. The van der Waals surface area contributed by atoms with Crippen molar-refractivity contribution < 1.29 is 4.52 Å². The van der Waals surface area contributed by atoms with Gasteiger partial charge in [0, 0.05) is 5.39 Å². The van der Waals surface area contributed by atoms with Crippen LogP contribution in [-0.2, 0) is 0 Å². The molecule has 1 aromatic carbocycles. The van der Waals surface area contributed by atoms with Gasteiger partial charge in [-0.15, -0.1) is 0 Å². The third-order valence-electron chi connectivity index (χ3n) is 3.19. The van der Waals surface area contributed by atoms with E-state index in [0.29, 0.717) is 5.92 Å². The fourth-order valence-corrected chi connectivity index (χ4v) is 2.30. The molecule has 3 heteroatoms. The number of hydrogen-bond acceptors (Lipinski definition) is 3. The van der Waals surface area contributed by atoms with Gasteiger partial charge in [0.2, 0.25) is 0 Å². The Hall–Kier alpha value is -1.35. The third-order valence-corrected chi connectivity index (χ3v) is 3.19. The summed E-state index contributed by atoms with van der Waals surface area (Å²) in [5.41, 5.74) is 2.31. The van der Waals surface area contributed by atoms with Crippen LogP contribution in [0.3, 0.4) is 0 Å². The minimum Gasteiger partial charge on any atom is -0.356 e. The van der Waals surface area contributed by atoms with Gasteiger partial charge in [-0.05, 0) is 49.5 Å². The predicted molar refractivity (Wildman–Crippen MR) is 58.9 cm³/mol. The third kappa shape index (κ3) is 1.63. The highest BCUT2D eigenvalue weighted by atomic mass is 16.5. The molecule has 15 heavy (non-hydrogen) atoms. The Balaban J connectivity index is 1.95. The van der Waals surface area contributed by atoms with Crippen molar-refractivity contribution in [3.8, 4) is 0 Å². The number of rotatable bonds is 1. The Morgan fingerprint density at radius 2 is 2.13 bits per heavy atom. The minimum atomic E-state index is 0.700. The Labute approximate surface area is 88.4 Å². The van der Waals surface area contributed by atoms with Crippen molar-refractivity contribution >= 4 is 11.0 Å². The van der Waals surface area contributed by atoms with E-state index in [1.807, 2.05) is 6.07 Å². The van der Waals surface area contributed by atoms with Crippen LogP contribution in [0.25, 0.3) is 11.0 Å². The molecule has 3 nitrogen and oxygen atoms in total. The van der Waals surface area contributed by atoms with Crippen molar-refractivity contribution in [2.75, 3.05) is 13.1 Å². The number of nitrogens with zero attached hydrogens (tertiary/aromatic N) is 1. The Morgan fingerprint density at radius 1 is 1.27 bits per heavy atom. The summed E-state index contributed by atoms with van der Waals surface area (Å²) in [4.78, 5) is 0. The number of hydrogen-bond donors (Lipinski definition) is 1. The van der Waals surface area contributed by atoms with E-state index < -0.39 is 0 Å². The van der Waals surface area contributed by atoms with Gasteiger partial charge in [0.1, 0.15) is 0 Å². The molecule has 0 atom stereocenters. The van der Waals surface area contributed by atoms with E-state index >= 15 is 0 Å². The van der Waals surface area contributed by atoms with Gasteiger partial charge in [0.15, 0.2) is 5.58 Å². The highest BCUT2D eigenvalue weighted by Crippen LogP contribution is 2.27. The maximum absolute atomic E-state index is 5.10. The number of benzene rings is 1. The van der Waals surface area contributed by atoms with Gasteiger partial charge in [-0.2, -0.15) is 0 Å². The number of fused-ring (bicyclic) bond motifs is 1. The number of nitrogens with one attached hydrogen (secondary N) is 1. The van der Waals surface area contributed by atoms with Crippen LogP contribution in [-0.4, -0.2) is 18.2 Å². The molecule has 1 N–H and O–H groups in total. The molecule has 0 amide bonds. The first-order valence-electron chi connectivity index (χ1n) is 5.48. The van der Waals surface area contributed by atoms with Crippen LogP contribution in [0.15, 0.2) is 28.9 Å². The van der Waals surface area contributed by atoms with Gasteiger partial charge in [-0.1, -0.05) is 11.2 Å². The highest BCUT2D eigenvalue weighted by Gasteiger charge is 2.15. The molecule has 0 saturated carbocycles. The summed E-state index contributed by atoms with van der Waals surface area (Å²) in [6.45, 7) is 2.26. The molecular weight excluding hydrogens is 188 g/mol. The predicted octanol–water partition coefficient (Wildman–Crippen LogP) is 2.29. The van der Waals surface area contributed by atoms with Crippen molar-refractivity contribution in [2.24, 2.45) is 0 Å². The normalized spacial score (nSPS) is 18.4. The van der Waals surface area contributed by atoms with E-state index in [1.54, 1.807) is 6.20 Å². The van der Waals surface area contributed by atoms with Crippen molar-refractivity contribution in [3.05, 3.63) is 30.0 Å². The van der Waals surface area contributed by atoms with E-state index in [0.717, 1.165) is 24.1 Å². The van der Waals surface area contributed by atoms with Crippen molar-refractivity contribution in [2.45, 2.75) is 18.8 Å². The van der Waals surface area contributed by atoms with Gasteiger partial charge in [-0.3, -0.25) is 0 Å². The summed E-state index contributed by atoms with van der Waals surface area (Å²) >= 11 is 0. The van der Waals surface area contributed by atoms with Crippen LogP contribution in [0.5, 0.6) is 0 Å². The smallest absolute Gasteiger partial charge is 0.166 e. The number of piperidine rings is 1. The molecule has 0 bridgehead atoms. The maximum atomic E-state index is 5.10. The average Bonchev–Trinajstić information content (AvgIpc) is 2.77. The first-order valence-corrected chi connectivity index (χ1v) is 5.48. The van der Waals surface area contributed by atoms with Crippen molar-refractivity contribution in [1.29, 1.82) is 0 Å². The fraction of sp³-hybridized carbons (Fsp3) is 0.417. The lowest BCUT2D eigenvalue weighted by Crippen LogP contribution is -2.26. The van der Waals surface area contributed by atoms with E-state index in [4.69, 9.17) is 4.52 Å². The summed E-state index contributed by atoms with van der Waals surface area (Å²) in [7, 11) is 0. The summed E-state index contributed by atoms with van der Waals surface area (Å²) < 4.78 is 5.10. The zero-order chi connectivity index (χ0) is 10.1. The van der Waals surface area contributed by atoms with E-state index in [-0.39, 0.29) is 0 Å². The second-order valence-electron chi connectivity index (χ2n) is 4.15. The van der Waals surface area contributed by atoms with Crippen LogP contribution in [0, 0.1) is 0 Å². The standard InChI is InChI=1S/C12H14N2O/c1-2-12-11(8-14-15-12)7-10(1)9-3-5-13-6-4-9/h1-2,7-9,13H,3-6H2. The van der Waals surface area contributed by atoms with Gasteiger partial charge in [-0.25, -0.2) is 0 Å². The molecule has 1 saturated heterocycles. The molecule has 0 aliphatic carbocycles. The lowest BCUT2D eigenvalue weighted by Gasteiger charge is -2.22. The quantitative estimate of drug-likeness (QED) is 0.771. The molecule has 2 aromatic rings. The maximum Gasteiger partial charge on any atom is 0.166 e. The molecule has 3 rings (SSSR count). The minimum absolute atomic E-state index is 0.700. The Bertz CT molecular complexity index is 457. The molecule has 0 spiro atoms. The van der Waals surface area contributed by atoms with Crippen molar-refractivity contribution in [3.63, 3.8) is 0 Å². The largest absolute Gasteiger partial charge is 0.356 e. The molecule has 0 radical (unpaired) electrons. The first-order chi connectivity index (χ1) is 7.43. The summed E-state index contributed by atoms with van der Waals surface area (Å²) in [6.07, 6.45) is 4.26. The van der Waals surface area contributed by atoms with Crippen LogP contribution < -0.4 is 5.32 Å². The lowest BCUT2D eigenvalue weighted by atomic mass is 9.90. The van der Waals surface area contributed by atoms with Gasteiger partial charge >= 0.3 is 0 Å². The summed E-state index contributed by atoms with van der Waals surface area (Å²) in [6, 6.07) is 6.41. The van der Waals surface area contributed by atoms with Crippen molar-refractivity contribution in [1.82, 2.24) is 10.5 Å². The van der Waals surface area contributed by atoms with E-state index in [2.05, 4.69) is 22.6 Å². The SMILES string of the molecule is c1cc2oncc2cc1C1CCNCC1. The molecule has 1 aliphatic rings. The molecular formula is C12H14N2O. The van der Waals surface area contributed by atoms with Crippen LogP contribution in [0.1, 0.15) is 24.3 Å². The van der Waals surface area contributed by atoms with E-state index in [1.165, 1.54) is 18.4 Å². The molecule has 1 fully saturated rings. The average molecular weight is 202 g/mol. The fourth-order valence-electron chi connectivity index (χ4n) is 2.30. The van der Waals surface area contributed by atoms with Gasteiger partial charge < -0.3 is 9.84 Å². The molecule has 1 aliphatic heterocycles. The Kier molecular flexibility index (Phi) is 2.18. The topological polar surface area (TPSA) is 38.1 Å². The van der Waals surface area contributed by atoms with E-state index in [9.17, 15) is 0 Å². The highest BCUT2D eigenvalue weighted by molar-refractivity contribution is 5.76. The van der Waals surface area contributed by atoms with Gasteiger partial charge in [0.05, 0.1) is 6.20 Å². The summed E-state index contributed by atoms with van der Waals surface area (Å²) in [5.74, 6) is 0.700. The first kappa shape index (κ1) is 8.92. The zero-order valence-corrected chi connectivity index (χ0v) is 8.57. The van der Waals surface area contributed by atoms with Crippen LogP contribution in [0.4, 0.5) is 0 Å². The summed E-state index contributed by atoms with van der Waals surface area (Å²) in [5, 5.41) is 8.30. The molecule has 2 heterocycles. The molecule has 78 valence electrons. The molecule has 0 unspecified atom stereocenters. The second-order valence-corrected chi connectivity index (χ2v) is 4.15.